The first-order valence-electron chi connectivity index (χ1n) is 7.64. The van der Waals surface area contributed by atoms with E-state index in [9.17, 15) is 0 Å². The molecule has 1 aromatic heterocycles. The van der Waals surface area contributed by atoms with Gasteiger partial charge >= 0.3 is 0 Å². The van der Waals surface area contributed by atoms with Crippen LogP contribution in [0.1, 0.15) is 57.6 Å². The van der Waals surface area contributed by atoms with E-state index < -0.39 is 0 Å². The highest BCUT2D eigenvalue weighted by atomic mass is 15.2. The van der Waals surface area contributed by atoms with E-state index in [2.05, 4.69) is 27.5 Å². The normalized spacial score (nSPS) is 16.9. The summed E-state index contributed by atoms with van der Waals surface area (Å²) in [5.74, 6) is 1.72. The molecule has 0 aromatic carbocycles. The number of hydrogen-bond acceptors (Lipinski definition) is 4. The molecular formula is C15H26N4. The summed E-state index contributed by atoms with van der Waals surface area (Å²) in [7, 11) is 0. The molecule has 1 aliphatic carbocycles. The zero-order chi connectivity index (χ0) is 13.5. The Morgan fingerprint density at radius 2 is 1.89 bits per heavy atom. The van der Waals surface area contributed by atoms with Gasteiger partial charge in [-0.3, -0.25) is 0 Å². The molecule has 1 aromatic rings. The fraction of sp³-hybridized carbons (Fsp3) is 0.733. The van der Waals surface area contributed by atoms with Crippen LogP contribution in [0, 0.1) is 6.92 Å². The number of rotatable bonds is 5. The van der Waals surface area contributed by atoms with Gasteiger partial charge in [0.25, 0.3) is 0 Å². The first kappa shape index (κ1) is 14.1. The highest BCUT2D eigenvalue weighted by Gasteiger charge is 2.13. The van der Waals surface area contributed by atoms with Crippen molar-refractivity contribution in [1.82, 2.24) is 9.97 Å². The second-order valence-electron chi connectivity index (χ2n) is 5.48. The van der Waals surface area contributed by atoms with Gasteiger partial charge in [0, 0.05) is 24.3 Å². The molecule has 2 rings (SSSR count). The Bertz CT molecular complexity index is 384. The first-order chi connectivity index (χ1) is 9.28. The smallest absolute Gasteiger partial charge is 0.225 e. The van der Waals surface area contributed by atoms with Crippen molar-refractivity contribution < 1.29 is 0 Å². The van der Waals surface area contributed by atoms with E-state index in [4.69, 9.17) is 0 Å². The third-order valence-corrected chi connectivity index (χ3v) is 3.60. The molecule has 0 unspecified atom stereocenters. The van der Waals surface area contributed by atoms with E-state index >= 15 is 0 Å². The van der Waals surface area contributed by atoms with Gasteiger partial charge in [0.05, 0.1) is 0 Å². The van der Waals surface area contributed by atoms with E-state index in [1.165, 1.54) is 38.5 Å². The average Bonchev–Trinajstić information content (AvgIpc) is 2.64. The fourth-order valence-electron chi connectivity index (χ4n) is 2.58. The largest absolute Gasteiger partial charge is 0.370 e. The van der Waals surface area contributed by atoms with Crippen molar-refractivity contribution in [3.8, 4) is 0 Å². The Balaban J connectivity index is 1.99. The summed E-state index contributed by atoms with van der Waals surface area (Å²) < 4.78 is 0. The van der Waals surface area contributed by atoms with Gasteiger partial charge in [-0.1, -0.05) is 32.6 Å². The lowest BCUT2D eigenvalue weighted by molar-refractivity contribution is 0.614. The van der Waals surface area contributed by atoms with Crippen molar-refractivity contribution >= 4 is 11.8 Å². The molecule has 0 radical (unpaired) electrons. The fourth-order valence-corrected chi connectivity index (χ4v) is 2.58. The Morgan fingerprint density at radius 1 is 1.16 bits per heavy atom. The standard InChI is InChI=1S/C15H26N4/c1-3-10-16-14-11-12(2)17-15(19-14)18-13-8-6-4-5-7-9-13/h11,13H,3-10H2,1-2H3,(H2,16,17,18,19). The van der Waals surface area contributed by atoms with Crippen molar-refractivity contribution in [2.45, 2.75) is 64.8 Å². The maximum atomic E-state index is 4.56. The summed E-state index contributed by atoms with van der Waals surface area (Å²) in [6.45, 7) is 5.14. The van der Waals surface area contributed by atoms with Crippen LogP contribution in [0.5, 0.6) is 0 Å². The van der Waals surface area contributed by atoms with Gasteiger partial charge < -0.3 is 10.6 Å². The third kappa shape index (κ3) is 4.69. The molecule has 2 N–H and O–H groups in total. The Kier molecular flexibility index (Phi) is 5.43. The number of aryl methyl sites for hydroxylation is 1. The van der Waals surface area contributed by atoms with E-state index in [-0.39, 0.29) is 0 Å². The van der Waals surface area contributed by atoms with Crippen LogP contribution < -0.4 is 10.6 Å². The number of aromatic nitrogens is 2. The summed E-state index contributed by atoms with van der Waals surface area (Å²) in [5.41, 5.74) is 1.02. The van der Waals surface area contributed by atoms with Gasteiger partial charge in [0.2, 0.25) is 5.95 Å². The predicted molar refractivity (Wildman–Crippen MR) is 80.7 cm³/mol. The third-order valence-electron chi connectivity index (χ3n) is 3.60. The van der Waals surface area contributed by atoms with Crippen molar-refractivity contribution in [3.63, 3.8) is 0 Å². The van der Waals surface area contributed by atoms with Crippen LogP contribution in [-0.2, 0) is 0 Å². The molecule has 0 aliphatic heterocycles. The minimum atomic E-state index is 0.545. The molecule has 0 spiro atoms. The van der Waals surface area contributed by atoms with Gasteiger partial charge in [0.15, 0.2) is 0 Å². The maximum Gasteiger partial charge on any atom is 0.225 e. The number of nitrogens with one attached hydrogen (secondary N) is 2. The molecule has 4 nitrogen and oxygen atoms in total. The monoisotopic (exact) mass is 262 g/mol. The summed E-state index contributed by atoms with van der Waals surface area (Å²) in [4.78, 5) is 9.07. The highest BCUT2D eigenvalue weighted by Crippen LogP contribution is 2.20. The summed E-state index contributed by atoms with van der Waals surface area (Å²) >= 11 is 0. The van der Waals surface area contributed by atoms with Crippen LogP contribution in [0.25, 0.3) is 0 Å². The molecule has 4 heteroatoms. The molecule has 1 aliphatic rings. The van der Waals surface area contributed by atoms with E-state index in [0.717, 1.165) is 30.4 Å². The maximum absolute atomic E-state index is 4.56. The molecule has 1 saturated carbocycles. The number of nitrogens with zero attached hydrogens (tertiary/aromatic N) is 2. The molecule has 0 atom stereocenters. The zero-order valence-corrected chi connectivity index (χ0v) is 12.2. The zero-order valence-electron chi connectivity index (χ0n) is 12.2. The van der Waals surface area contributed by atoms with Gasteiger partial charge in [0.1, 0.15) is 5.82 Å². The van der Waals surface area contributed by atoms with Gasteiger partial charge in [-0.2, -0.15) is 4.98 Å². The number of anilines is 2. The Hall–Kier alpha value is -1.32. The second-order valence-corrected chi connectivity index (χ2v) is 5.48. The first-order valence-corrected chi connectivity index (χ1v) is 7.64. The predicted octanol–water partition coefficient (Wildman–Crippen LogP) is 3.74. The van der Waals surface area contributed by atoms with E-state index in [1.54, 1.807) is 0 Å². The van der Waals surface area contributed by atoms with Crippen molar-refractivity contribution in [2.24, 2.45) is 0 Å². The molecule has 0 bridgehead atoms. The number of hydrogen-bond donors (Lipinski definition) is 2. The molecule has 106 valence electrons. The van der Waals surface area contributed by atoms with Crippen LogP contribution in [0.3, 0.4) is 0 Å². The molecule has 1 fully saturated rings. The minimum absolute atomic E-state index is 0.545. The SMILES string of the molecule is CCCNc1cc(C)nc(NC2CCCCCC2)n1. The molecular weight excluding hydrogens is 236 g/mol. The van der Waals surface area contributed by atoms with Crippen LogP contribution in [0.15, 0.2) is 6.07 Å². The summed E-state index contributed by atoms with van der Waals surface area (Å²) in [6, 6.07) is 2.55. The average molecular weight is 262 g/mol. The van der Waals surface area contributed by atoms with Gasteiger partial charge in [-0.25, -0.2) is 4.98 Å². The van der Waals surface area contributed by atoms with Crippen LogP contribution in [0.4, 0.5) is 11.8 Å². The van der Waals surface area contributed by atoms with Crippen LogP contribution >= 0.6 is 0 Å². The van der Waals surface area contributed by atoms with Crippen molar-refractivity contribution in [3.05, 3.63) is 11.8 Å². The lowest BCUT2D eigenvalue weighted by atomic mass is 10.1. The molecule has 19 heavy (non-hydrogen) atoms. The summed E-state index contributed by atoms with van der Waals surface area (Å²) in [5, 5.41) is 6.85. The Morgan fingerprint density at radius 3 is 2.58 bits per heavy atom. The molecule has 1 heterocycles. The lowest BCUT2D eigenvalue weighted by Gasteiger charge is -2.17. The van der Waals surface area contributed by atoms with Crippen molar-refractivity contribution in [2.75, 3.05) is 17.2 Å². The van der Waals surface area contributed by atoms with Crippen molar-refractivity contribution in [1.29, 1.82) is 0 Å². The second kappa shape index (κ2) is 7.31. The van der Waals surface area contributed by atoms with Crippen LogP contribution in [0.2, 0.25) is 0 Å². The van der Waals surface area contributed by atoms with Gasteiger partial charge in [-0.15, -0.1) is 0 Å². The topological polar surface area (TPSA) is 49.8 Å². The molecule has 0 amide bonds. The quantitative estimate of drug-likeness (QED) is 0.794. The summed E-state index contributed by atoms with van der Waals surface area (Å²) in [6.07, 6.45) is 8.99. The van der Waals surface area contributed by atoms with E-state index in [1.807, 2.05) is 13.0 Å². The Labute approximate surface area is 116 Å². The van der Waals surface area contributed by atoms with Crippen LogP contribution in [-0.4, -0.2) is 22.6 Å². The minimum Gasteiger partial charge on any atom is -0.370 e. The lowest BCUT2D eigenvalue weighted by Crippen LogP contribution is -2.20. The highest BCUT2D eigenvalue weighted by molar-refractivity contribution is 5.42. The molecule has 0 saturated heterocycles. The van der Waals surface area contributed by atoms with Gasteiger partial charge in [-0.05, 0) is 26.2 Å². The van der Waals surface area contributed by atoms with E-state index in [0.29, 0.717) is 6.04 Å².